The Morgan fingerprint density at radius 1 is 1.60 bits per heavy atom. The van der Waals surface area contributed by atoms with Gasteiger partial charge in [-0.2, -0.15) is 8.42 Å². The molecule has 1 aliphatic heterocycles. The second-order valence-corrected chi connectivity index (χ2v) is 5.59. The van der Waals surface area contributed by atoms with Gasteiger partial charge in [0, 0.05) is 0 Å². The van der Waals surface area contributed by atoms with E-state index < -0.39 is 21.0 Å². The van der Waals surface area contributed by atoms with Crippen molar-refractivity contribution in [2.75, 3.05) is 6.61 Å². The monoisotopic (exact) mass is 230 g/mol. The van der Waals surface area contributed by atoms with Gasteiger partial charge in [0.2, 0.25) is 0 Å². The number of hydrogen-bond acceptors (Lipinski definition) is 4. The number of hydrogen-bond donors (Lipinski definition) is 0. The molecule has 1 aliphatic carbocycles. The second kappa shape index (κ2) is 3.35. The zero-order valence-electron chi connectivity index (χ0n) is 8.76. The number of ether oxygens (including phenoxy) is 1. The van der Waals surface area contributed by atoms with Crippen LogP contribution in [0.4, 0.5) is 0 Å². The van der Waals surface area contributed by atoms with E-state index in [0.29, 0.717) is 6.42 Å². The third kappa shape index (κ3) is 1.70. The van der Waals surface area contributed by atoms with Crippen molar-refractivity contribution in [1.29, 1.82) is 0 Å². The maximum atomic E-state index is 11.8. The molecule has 0 amide bonds. The topological polar surface area (TPSA) is 55.9 Å². The molecule has 2 rings (SSSR count). The molecule has 1 fully saturated rings. The zero-order valence-corrected chi connectivity index (χ0v) is 9.58. The molecule has 0 aromatic rings. The second-order valence-electron chi connectivity index (χ2n) is 3.86. The molecule has 1 heterocycles. The minimum atomic E-state index is -3.56. The highest BCUT2D eigenvalue weighted by atomic mass is 32.2. The van der Waals surface area contributed by atoms with Crippen LogP contribution < -0.4 is 0 Å². The molecule has 0 bridgehead atoms. The normalized spacial score (nSPS) is 32.9. The van der Waals surface area contributed by atoms with Crippen molar-refractivity contribution in [3.63, 3.8) is 0 Å². The third-order valence-corrected chi connectivity index (χ3v) is 4.33. The van der Waals surface area contributed by atoms with E-state index in [1.165, 1.54) is 0 Å². The van der Waals surface area contributed by atoms with E-state index >= 15 is 0 Å². The van der Waals surface area contributed by atoms with Crippen LogP contribution in [0.15, 0.2) is 24.0 Å². The molecule has 15 heavy (non-hydrogen) atoms. The van der Waals surface area contributed by atoms with Gasteiger partial charge in [0.25, 0.3) is 10.1 Å². The third-order valence-electron chi connectivity index (χ3n) is 2.61. The largest absolute Gasteiger partial charge is 0.478 e. The van der Waals surface area contributed by atoms with Crippen molar-refractivity contribution in [3.05, 3.63) is 24.0 Å². The molecule has 0 spiro atoms. The Labute approximate surface area is 89.7 Å². The predicted octanol–water partition coefficient (Wildman–Crippen LogP) is 1.35. The molecule has 0 aromatic carbocycles. The lowest BCUT2D eigenvalue weighted by atomic mass is 10.0. The SMILES string of the molecule is CCCOS(=O)(=O)C1C=CC=C2OC21C. The molecule has 4 nitrogen and oxygen atoms in total. The standard InChI is InChI=1S/C10H14O4S/c1-3-7-13-15(11,12)9-6-4-5-8-10(9,2)14-8/h4-6,9H,3,7H2,1-2H3. The van der Waals surface area contributed by atoms with E-state index in [-0.39, 0.29) is 6.61 Å². The molecule has 5 heteroatoms. The van der Waals surface area contributed by atoms with Crippen LogP contribution in [0.3, 0.4) is 0 Å². The lowest BCUT2D eigenvalue weighted by molar-refractivity contribution is 0.287. The summed E-state index contributed by atoms with van der Waals surface area (Å²) in [5, 5.41) is -0.712. The summed E-state index contributed by atoms with van der Waals surface area (Å²) in [6.45, 7) is 3.86. The van der Waals surface area contributed by atoms with Gasteiger partial charge in [-0.1, -0.05) is 19.1 Å². The lowest BCUT2D eigenvalue weighted by Gasteiger charge is -2.16. The van der Waals surface area contributed by atoms with Crippen LogP contribution in [-0.4, -0.2) is 25.9 Å². The van der Waals surface area contributed by atoms with Gasteiger partial charge in [0.1, 0.15) is 5.76 Å². The fraction of sp³-hybridized carbons (Fsp3) is 0.600. The van der Waals surface area contributed by atoms with Crippen LogP contribution in [0, 0.1) is 0 Å². The maximum Gasteiger partial charge on any atom is 0.278 e. The molecule has 2 aliphatic rings. The summed E-state index contributed by atoms with van der Waals surface area (Å²) >= 11 is 0. The van der Waals surface area contributed by atoms with Gasteiger partial charge in [-0.3, -0.25) is 4.18 Å². The minimum absolute atomic E-state index is 0.224. The first kappa shape index (κ1) is 10.7. The van der Waals surface area contributed by atoms with Crippen LogP contribution >= 0.6 is 0 Å². The van der Waals surface area contributed by atoms with Gasteiger partial charge < -0.3 is 4.74 Å². The average molecular weight is 230 g/mol. The molecule has 0 N–H and O–H groups in total. The summed E-state index contributed by atoms with van der Waals surface area (Å²) in [6, 6.07) is 0. The van der Waals surface area contributed by atoms with E-state index in [4.69, 9.17) is 8.92 Å². The van der Waals surface area contributed by atoms with Gasteiger partial charge in [0.15, 0.2) is 10.9 Å². The Balaban J connectivity index is 2.18. The zero-order chi connectivity index (χ0) is 11.1. The van der Waals surface area contributed by atoms with E-state index in [1.807, 2.05) is 6.92 Å². The van der Waals surface area contributed by atoms with Gasteiger partial charge >= 0.3 is 0 Å². The number of fused-ring (bicyclic) bond motifs is 1. The number of rotatable bonds is 4. The molecular formula is C10H14O4S. The summed E-state index contributed by atoms with van der Waals surface area (Å²) in [5.41, 5.74) is -0.693. The van der Waals surface area contributed by atoms with Gasteiger partial charge in [-0.15, -0.1) is 0 Å². The Hall–Kier alpha value is -0.810. The minimum Gasteiger partial charge on any atom is -0.478 e. The fourth-order valence-electron chi connectivity index (χ4n) is 1.67. The van der Waals surface area contributed by atoms with Crippen LogP contribution in [0.2, 0.25) is 0 Å². The van der Waals surface area contributed by atoms with Crippen molar-refractivity contribution in [1.82, 2.24) is 0 Å². The molecule has 2 atom stereocenters. The summed E-state index contributed by atoms with van der Waals surface area (Å²) in [4.78, 5) is 0. The van der Waals surface area contributed by atoms with Crippen LogP contribution in [0.25, 0.3) is 0 Å². The fourth-order valence-corrected chi connectivity index (χ4v) is 3.22. The first-order valence-electron chi connectivity index (χ1n) is 4.97. The quantitative estimate of drug-likeness (QED) is 0.540. The van der Waals surface area contributed by atoms with Gasteiger partial charge in [-0.05, 0) is 19.4 Å². The Kier molecular flexibility index (Phi) is 2.39. The molecule has 0 saturated carbocycles. The van der Waals surface area contributed by atoms with Crippen LogP contribution in [0.5, 0.6) is 0 Å². The maximum absolute atomic E-state index is 11.8. The Bertz CT molecular complexity index is 421. The highest BCUT2D eigenvalue weighted by molar-refractivity contribution is 7.87. The first-order chi connectivity index (χ1) is 7.00. The van der Waals surface area contributed by atoms with Gasteiger partial charge in [0.05, 0.1) is 6.61 Å². The van der Waals surface area contributed by atoms with E-state index in [2.05, 4.69) is 0 Å². The molecule has 0 radical (unpaired) electrons. The summed E-state index contributed by atoms with van der Waals surface area (Å²) in [6.07, 6.45) is 5.77. The summed E-state index contributed by atoms with van der Waals surface area (Å²) < 4.78 is 33.8. The van der Waals surface area contributed by atoms with Crippen LogP contribution in [0.1, 0.15) is 20.3 Å². The molecule has 0 aromatic heterocycles. The molecule has 84 valence electrons. The summed E-state index contributed by atoms with van der Waals surface area (Å²) in [5.74, 6) is 0.721. The van der Waals surface area contributed by atoms with Crippen LogP contribution in [-0.2, 0) is 19.0 Å². The molecule has 1 saturated heterocycles. The highest BCUT2D eigenvalue weighted by Gasteiger charge is 2.59. The van der Waals surface area contributed by atoms with E-state index in [0.717, 1.165) is 5.76 Å². The number of epoxide rings is 1. The Morgan fingerprint density at radius 2 is 2.33 bits per heavy atom. The summed E-state index contributed by atoms with van der Waals surface area (Å²) in [7, 11) is -3.56. The average Bonchev–Trinajstić information content (AvgIpc) is 2.85. The smallest absolute Gasteiger partial charge is 0.278 e. The number of allylic oxidation sites excluding steroid dienone is 2. The molecular weight excluding hydrogens is 216 g/mol. The molecule has 2 unspecified atom stereocenters. The lowest BCUT2D eigenvalue weighted by Crippen LogP contribution is -2.35. The first-order valence-corrected chi connectivity index (χ1v) is 6.44. The van der Waals surface area contributed by atoms with Gasteiger partial charge in [-0.25, -0.2) is 0 Å². The Morgan fingerprint density at radius 3 is 3.00 bits per heavy atom. The van der Waals surface area contributed by atoms with Crippen molar-refractivity contribution in [3.8, 4) is 0 Å². The van der Waals surface area contributed by atoms with Crippen molar-refractivity contribution in [2.45, 2.75) is 31.1 Å². The van der Waals surface area contributed by atoms with E-state index in [1.54, 1.807) is 25.2 Å². The van der Waals surface area contributed by atoms with Crippen molar-refractivity contribution >= 4 is 10.1 Å². The van der Waals surface area contributed by atoms with Crippen molar-refractivity contribution < 1.29 is 17.3 Å². The van der Waals surface area contributed by atoms with Crippen molar-refractivity contribution in [2.24, 2.45) is 0 Å². The predicted molar refractivity (Wildman–Crippen MR) is 55.7 cm³/mol. The highest BCUT2D eigenvalue weighted by Crippen LogP contribution is 2.48. The van der Waals surface area contributed by atoms with E-state index in [9.17, 15) is 8.42 Å².